The van der Waals surface area contributed by atoms with Gasteiger partial charge < -0.3 is 9.26 Å². The van der Waals surface area contributed by atoms with E-state index >= 15 is 0 Å². The van der Waals surface area contributed by atoms with Gasteiger partial charge in [-0.05, 0) is 58.6 Å². The predicted octanol–water partition coefficient (Wildman–Crippen LogP) is 4.79. The molecule has 1 aromatic carbocycles. The van der Waals surface area contributed by atoms with Crippen molar-refractivity contribution >= 4 is 44.7 Å². The molecule has 0 saturated heterocycles. The van der Waals surface area contributed by atoms with Crippen LogP contribution in [-0.4, -0.2) is 18.2 Å². The molecular weight excluding hydrogens is 380 g/mol. The highest BCUT2D eigenvalue weighted by Crippen LogP contribution is 2.36. The highest BCUT2D eigenvalue weighted by atomic mass is 79.9. The number of hydrogen-bond acceptors (Lipinski definition) is 5. The second kappa shape index (κ2) is 6.55. The Kier molecular flexibility index (Phi) is 4.49. The smallest absolute Gasteiger partial charge is 0.275 e. The maximum Gasteiger partial charge on any atom is 0.275 e. The van der Waals surface area contributed by atoms with E-state index in [9.17, 15) is 4.79 Å². The summed E-state index contributed by atoms with van der Waals surface area (Å²) in [5.41, 5.74) is 1.35. The fourth-order valence-electron chi connectivity index (χ4n) is 2.05. The van der Waals surface area contributed by atoms with Crippen LogP contribution in [0.2, 0.25) is 0 Å². The first-order valence-electron chi connectivity index (χ1n) is 6.75. The van der Waals surface area contributed by atoms with E-state index in [2.05, 4.69) is 21.1 Å². The van der Waals surface area contributed by atoms with Crippen molar-refractivity contribution in [2.24, 2.45) is 0 Å². The largest absolute Gasteiger partial charge is 0.497 e. The summed E-state index contributed by atoms with van der Waals surface area (Å²) in [5.74, 6) is 0.887. The maximum absolute atomic E-state index is 12.9. The number of rotatable bonds is 4. The molecule has 0 saturated carbocycles. The number of aryl methyl sites for hydroxylation is 1. The van der Waals surface area contributed by atoms with Crippen molar-refractivity contribution in [3.05, 3.63) is 56.8 Å². The molecule has 0 aliphatic rings. The van der Waals surface area contributed by atoms with Gasteiger partial charge in [-0.3, -0.25) is 4.79 Å². The van der Waals surface area contributed by atoms with Crippen molar-refractivity contribution in [2.45, 2.75) is 6.92 Å². The molecule has 2 aromatic heterocycles. The molecule has 3 rings (SSSR count). The van der Waals surface area contributed by atoms with Gasteiger partial charge in [-0.25, -0.2) is 4.90 Å². The molecule has 0 unspecified atom stereocenters. The molecule has 2 heterocycles. The lowest BCUT2D eigenvalue weighted by Gasteiger charge is -2.19. The zero-order valence-corrected chi connectivity index (χ0v) is 14.8. The standard InChI is InChI=1S/C16H13BrN2O3S/c1-10-14(17)16(22-18-10)19(15(20)13-4-3-9-23-13)11-5-7-12(21-2)8-6-11/h3-9H,1-2H3. The van der Waals surface area contributed by atoms with Crippen LogP contribution in [-0.2, 0) is 0 Å². The van der Waals surface area contributed by atoms with Crippen molar-refractivity contribution in [3.8, 4) is 5.75 Å². The van der Waals surface area contributed by atoms with Crippen LogP contribution in [0.15, 0.2) is 50.8 Å². The van der Waals surface area contributed by atoms with Gasteiger partial charge in [-0.1, -0.05) is 11.2 Å². The molecule has 3 aromatic rings. The van der Waals surface area contributed by atoms with Crippen LogP contribution in [0, 0.1) is 6.92 Å². The minimum atomic E-state index is -0.179. The molecular formula is C16H13BrN2O3S. The van der Waals surface area contributed by atoms with Crippen LogP contribution in [0.5, 0.6) is 5.75 Å². The van der Waals surface area contributed by atoms with E-state index in [-0.39, 0.29) is 5.91 Å². The van der Waals surface area contributed by atoms with Crippen LogP contribution >= 0.6 is 27.3 Å². The topological polar surface area (TPSA) is 55.6 Å². The summed E-state index contributed by atoms with van der Waals surface area (Å²) in [7, 11) is 1.60. The molecule has 1 amide bonds. The number of anilines is 2. The third kappa shape index (κ3) is 3.02. The van der Waals surface area contributed by atoms with Crippen LogP contribution in [0.25, 0.3) is 0 Å². The lowest BCUT2D eigenvalue weighted by Crippen LogP contribution is -2.25. The summed E-state index contributed by atoms with van der Waals surface area (Å²) in [5, 5.41) is 5.78. The summed E-state index contributed by atoms with van der Waals surface area (Å²) in [6.45, 7) is 1.80. The summed E-state index contributed by atoms with van der Waals surface area (Å²) in [6.07, 6.45) is 0. The van der Waals surface area contributed by atoms with Gasteiger partial charge in [0.05, 0.1) is 23.4 Å². The third-order valence-corrected chi connectivity index (χ3v) is 5.01. The minimum absolute atomic E-state index is 0.179. The quantitative estimate of drug-likeness (QED) is 0.639. The summed E-state index contributed by atoms with van der Waals surface area (Å²) in [6, 6.07) is 10.8. The minimum Gasteiger partial charge on any atom is -0.497 e. The fourth-order valence-corrected chi connectivity index (χ4v) is 3.03. The molecule has 0 atom stereocenters. The SMILES string of the molecule is COc1ccc(N(C(=O)c2cccs2)c2onc(C)c2Br)cc1. The number of benzene rings is 1. The van der Waals surface area contributed by atoms with E-state index in [1.54, 1.807) is 44.4 Å². The third-order valence-electron chi connectivity index (χ3n) is 3.24. The number of halogens is 1. The van der Waals surface area contributed by atoms with Gasteiger partial charge in [0.1, 0.15) is 10.2 Å². The van der Waals surface area contributed by atoms with Gasteiger partial charge in [0.2, 0.25) is 0 Å². The Bertz CT molecular complexity index is 812. The number of thiophene rings is 1. The molecule has 5 nitrogen and oxygen atoms in total. The Morgan fingerprint density at radius 1 is 1.30 bits per heavy atom. The van der Waals surface area contributed by atoms with E-state index in [1.807, 2.05) is 11.4 Å². The molecule has 0 aliphatic carbocycles. The second-order valence-corrected chi connectivity index (χ2v) is 6.44. The Balaban J connectivity index is 2.09. The van der Waals surface area contributed by atoms with Gasteiger partial charge in [0, 0.05) is 0 Å². The highest BCUT2D eigenvalue weighted by Gasteiger charge is 2.27. The molecule has 0 N–H and O–H groups in total. The molecule has 23 heavy (non-hydrogen) atoms. The van der Waals surface area contributed by atoms with E-state index in [1.165, 1.54) is 16.2 Å². The predicted molar refractivity (Wildman–Crippen MR) is 92.7 cm³/mol. The van der Waals surface area contributed by atoms with E-state index < -0.39 is 0 Å². The van der Waals surface area contributed by atoms with Crippen LogP contribution in [0.4, 0.5) is 11.6 Å². The van der Waals surface area contributed by atoms with Crippen molar-refractivity contribution in [3.63, 3.8) is 0 Å². The summed E-state index contributed by atoms with van der Waals surface area (Å²) in [4.78, 5) is 15.0. The second-order valence-electron chi connectivity index (χ2n) is 4.70. The summed E-state index contributed by atoms with van der Waals surface area (Å²) < 4.78 is 11.2. The Labute approximate surface area is 145 Å². The van der Waals surface area contributed by atoms with Crippen LogP contribution < -0.4 is 9.64 Å². The van der Waals surface area contributed by atoms with Crippen molar-refractivity contribution in [1.29, 1.82) is 0 Å². The average Bonchev–Trinajstić information content (AvgIpc) is 3.21. The first-order chi connectivity index (χ1) is 11.1. The lowest BCUT2D eigenvalue weighted by molar-refractivity contribution is 0.0998. The highest BCUT2D eigenvalue weighted by molar-refractivity contribution is 9.10. The van der Waals surface area contributed by atoms with Gasteiger partial charge in [-0.15, -0.1) is 11.3 Å². The van der Waals surface area contributed by atoms with Crippen molar-refractivity contribution in [1.82, 2.24) is 5.16 Å². The van der Waals surface area contributed by atoms with Crippen molar-refractivity contribution in [2.75, 3.05) is 12.0 Å². The van der Waals surface area contributed by atoms with E-state index in [4.69, 9.17) is 9.26 Å². The first-order valence-corrected chi connectivity index (χ1v) is 8.43. The molecule has 0 spiro atoms. The van der Waals surface area contributed by atoms with Crippen LogP contribution in [0.3, 0.4) is 0 Å². The van der Waals surface area contributed by atoms with Gasteiger partial charge >= 0.3 is 0 Å². The average molecular weight is 393 g/mol. The Hall–Kier alpha value is -2.12. The number of carbonyl (C=O) groups is 1. The van der Waals surface area contributed by atoms with Gasteiger partial charge in [0.15, 0.2) is 0 Å². The zero-order chi connectivity index (χ0) is 16.4. The fraction of sp³-hybridized carbons (Fsp3) is 0.125. The first kappa shape index (κ1) is 15.8. The molecule has 118 valence electrons. The number of methoxy groups -OCH3 is 1. The molecule has 7 heteroatoms. The summed E-state index contributed by atoms with van der Waals surface area (Å²) >= 11 is 4.81. The normalized spacial score (nSPS) is 10.6. The molecule has 0 fully saturated rings. The zero-order valence-electron chi connectivity index (χ0n) is 12.4. The molecule has 0 radical (unpaired) electrons. The number of ether oxygens (including phenoxy) is 1. The van der Waals surface area contributed by atoms with E-state index in [0.29, 0.717) is 32.4 Å². The molecule has 0 bridgehead atoms. The van der Waals surface area contributed by atoms with E-state index in [0.717, 1.165) is 0 Å². The number of carbonyl (C=O) groups excluding carboxylic acids is 1. The molecule has 0 aliphatic heterocycles. The Morgan fingerprint density at radius 3 is 2.57 bits per heavy atom. The lowest BCUT2D eigenvalue weighted by atomic mass is 10.2. The van der Waals surface area contributed by atoms with Crippen molar-refractivity contribution < 1.29 is 14.1 Å². The number of aromatic nitrogens is 1. The number of hydrogen-bond donors (Lipinski definition) is 0. The van der Waals surface area contributed by atoms with Crippen LogP contribution in [0.1, 0.15) is 15.4 Å². The Morgan fingerprint density at radius 2 is 2.04 bits per heavy atom. The monoisotopic (exact) mass is 392 g/mol. The van der Waals surface area contributed by atoms with Gasteiger partial charge in [-0.2, -0.15) is 0 Å². The number of amides is 1. The van der Waals surface area contributed by atoms with Gasteiger partial charge in [0.25, 0.3) is 11.8 Å². The number of nitrogens with zero attached hydrogens (tertiary/aromatic N) is 2. The maximum atomic E-state index is 12.9.